The molecule has 29 heavy (non-hydrogen) atoms. The first-order valence-electron chi connectivity index (χ1n) is 9.44. The van der Waals surface area contributed by atoms with Gasteiger partial charge in [0.25, 0.3) is 0 Å². The summed E-state index contributed by atoms with van der Waals surface area (Å²) >= 11 is 0. The van der Waals surface area contributed by atoms with Gasteiger partial charge in [-0.3, -0.25) is 0 Å². The summed E-state index contributed by atoms with van der Waals surface area (Å²) in [7, 11) is 5.15. The largest absolute Gasteiger partial charge is 0.508 e. The zero-order valence-electron chi connectivity index (χ0n) is 17.2. The average Bonchev–Trinajstić information content (AvgIpc) is 3.20. The van der Waals surface area contributed by atoms with Crippen molar-refractivity contribution < 1.29 is 9.84 Å². The van der Waals surface area contributed by atoms with Gasteiger partial charge in [0.1, 0.15) is 11.5 Å². The monoisotopic (exact) mass is 392 g/mol. The molecule has 0 unspecified atom stereocenters. The van der Waals surface area contributed by atoms with E-state index in [2.05, 4.69) is 5.10 Å². The molecule has 0 spiro atoms. The highest BCUT2D eigenvalue weighted by atomic mass is 16.5. The van der Waals surface area contributed by atoms with Crippen LogP contribution >= 0.6 is 0 Å². The minimum absolute atomic E-state index is 0.101. The zero-order valence-corrected chi connectivity index (χ0v) is 17.2. The predicted octanol–water partition coefficient (Wildman–Crippen LogP) is 3.57. The van der Waals surface area contributed by atoms with Crippen LogP contribution in [0.4, 0.5) is 0 Å². The van der Waals surface area contributed by atoms with Crippen molar-refractivity contribution in [1.29, 1.82) is 0 Å². The first-order chi connectivity index (χ1) is 13.8. The molecule has 2 aromatic carbocycles. The van der Waals surface area contributed by atoms with Gasteiger partial charge in [-0.05, 0) is 41.8 Å². The maximum Gasteiger partial charge on any atom is 0.350 e. The molecule has 0 aliphatic rings. The van der Waals surface area contributed by atoms with Crippen LogP contribution in [0.1, 0.15) is 25.3 Å². The molecule has 4 rings (SSSR count). The van der Waals surface area contributed by atoms with E-state index in [9.17, 15) is 9.90 Å². The SMILES string of the molecule is COc1cc(O)c(C(C)C)cc1-c1nn(C)c(=O)n1-c1ccc2c(ccn2C)c1. The molecule has 7 heteroatoms. The minimum Gasteiger partial charge on any atom is -0.508 e. The van der Waals surface area contributed by atoms with E-state index >= 15 is 0 Å². The van der Waals surface area contributed by atoms with Gasteiger partial charge in [-0.1, -0.05) is 13.8 Å². The highest BCUT2D eigenvalue weighted by Crippen LogP contribution is 2.38. The molecule has 0 radical (unpaired) electrons. The van der Waals surface area contributed by atoms with Crippen molar-refractivity contribution in [3.8, 4) is 28.6 Å². The summed E-state index contributed by atoms with van der Waals surface area (Å²) in [6.07, 6.45) is 1.99. The highest BCUT2D eigenvalue weighted by molar-refractivity contribution is 5.82. The molecule has 0 amide bonds. The number of phenols is 1. The van der Waals surface area contributed by atoms with Crippen molar-refractivity contribution in [2.24, 2.45) is 14.1 Å². The first-order valence-corrected chi connectivity index (χ1v) is 9.44. The lowest BCUT2D eigenvalue weighted by Crippen LogP contribution is -2.21. The Morgan fingerprint density at radius 3 is 2.55 bits per heavy atom. The first kappa shape index (κ1) is 18.9. The van der Waals surface area contributed by atoms with E-state index in [4.69, 9.17) is 4.74 Å². The number of ether oxygens (including phenoxy) is 1. The van der Waals surface area contributed by atoms with E-state index in [0.717, 1.165) is 22.2 Å². The molecular weight excluding hydrogens is 368 g/mol. The second-order valence-electron chi connectivity index (χ2n) is 7.50. The van der Waals surface area contributed by atoms with Crippen molar-refractivity contribution in [2.75, 3.05) is 7.11 Å². The molecule has 2 heterocycles. The summed E-state index contributed by atoms with van der Waals surface area (Å²) < 4.78 is 10.4. The van der Waals surface area contributed by atoms with E-state index in [1.807, 2.05) is 62.0 Å². The number of methoxy groups -OCH3 is 1. The molecule has 0 saturated carbocycles. The molecule has 0 saturated heterocycles. The summed E-state index contributed by atoms with van der Waals surface area (Å²) in [5, 5.41) is 15.9. The second kappa shape index (κ2) is 6.84. The number of phenolic OH excluding ortho intramolecular Hbond substituents is 1. The molecule has 1 N–H and O–H groups in total. The fourth-order valence-corrected chi connectivity index (χ4v) is 3.67. The van der Waals surface area contributed by atoms with Gasteiger partial charge < -0.3 is 14.4 Å². The lowest BCUT2D eigenvalue weighted by atomic mass is 9.98. The van der Waals surface area contributed by atoms with Gasteiger partial charge in [-0.15, -0.1) is 5.10 Å². The van der Waals surface area contributed by atoms with Crippen LogP contribution in [0.3, 0.4) is 0 Å². The average molecular weight is 392 g/mol. The zero-order chi connectivity index (χ0) is 20.9. The Hall–Kier alpha value is -3.48. The number of fused-ring (bicyclic) bond motifs is 1. The van der Waals surface area contributed by atoms with Gasteiger partial charge in [0, 0.05) is 37.3 Å². The van der Waals surface area contributed by atoms with E-state index in [1.54, 1.807) is 17.7 Å². The predicted molar refractivity (Wildman–Crippen MR) is 113 cm³/mol. The van der Waals surface area contributed by atoms with Gasteiger partial charge >= 0.3 is 5.69 Å². The number of rotatable bonds is 4. The molecular formula is C22H24N4O3. The fraction of sp³-hybridized carbons (Fsp3) is 0.273. The van der Waals surface area contributed by atoms with Crippen molar-refractivity contribution in [3.05, 3.63) is 58.6 Å². The van der Waals surface area contributed by atoms with Crippen LogP contribution in [0.25, 0.3) is 28.0 Å². The Balaban J connectivity index is 2.00. The van der Waals surface area contributed by atoms with Gasteiger partial charge in [-0.25, -0.2) is 14.0 Å². The van der Waals surface area contributed by atoms with E-state index in [-0.39, 0.29) is 17.4 Å². The Morgan fingerprint density at radius 2 is 1.86 bits per heavy atom. The normalized spacial score (nSPS) is 11.5. The summed E-state index contributed by atoms with van der Waals surface area (Å²) in [6, 6.07) is 11.3. The van der Waals surface area contributed by atoms with Gasteiger partial charge in [0.05, 0.1) is 18.4 Å². The number of aryl methyl sites for hydroxylation is 2. The summed E-state index contributed by atoms with van der Waals surface area (Å²) in [4.78, 5) is 13.0. The Kier molecular flexibility index (Phi) is 4.45. The Bertz CT molecular complexity index is 1280. The van der Waals surface area contributed by atoms with E-state index in [0.29, 0.717) is 17.1 Å². The molecule has 0 aliphatic carbocycles. The van der Waals surface area contributed by atoms with Crippen LogP contribution in [0.15, 0.2) is 47.4 Å². The van der Waals surface area contributed by atoms with Gasteiger partial charge in [0.2, 0.25) is 0 Å². The molecule has 150 valence electrons. The molecule has 2 aromatic heterocycles. The van der Waals surface area contributed by atoms with Crippen molar-refractivity contribution in [3.63, 3.8) is 0 Å². The molecule has 7 nitrogen and oxygen atoms in total. The van der Waals surface area contributed by atoms with E-state index in [1.165, 1.54) is 11.8 Å². The van der Waals surface area contributed by atoms with Gasteiger partial charge in [-0.2, -0.15) is 0 Å². The number of hydrogen-bond donors (Lipinski definition) is 1. The Morgan fingerprint density at radius 1 is 1.10 bits per heavy atom. The summed E-state index contributed by atoms with van der Waals surface area (Å²) in [5.41, 5.74) is 2.97. The topological polar surface area (TPSA) is 74.2 Å². The number of aromatic hydroxyl groups is 1. The van der Waals surface area contributed by atoms with Crippen LogP contribution in [0.2, 0.25) is 0 Å². The Labute approximate surface area is 168 Å². The quantitative estimate of drug-likeness (QED) is 0.576. The lowest BCUT2D eigenvalue weighted by molar-refractivity contribution is 0.407. The van der Waals surface area contributed by atoms with Crippen LogP contribution in [0.5, 0.6) is 11.5 Å². The number of benzene rings is 2. The maximum atomic E-state index is 13.0. The van der Waals surface area contributed by atoms with Crippen LogP contribution in [0, 0.1) is 0 Å². The third-order valence-corrected chi connectivity index (χ3v) is 5.26. The van der Waals surface area contributed by atoms with Gasteiger partial charge in [0.15, 0.2) is 5.82 Å². The fourth-order valence-electron chi connectivity index (χ4n) is 3.67. The number of aromatic nitrogens is 4. The molecule has 0 fully saturated rings. The molecule has 4 aromatic rings. The third-order valence-electron chi connectivity index (χ3n) is 5.26. The smallest absolute Gasteiger partial charge is 0.350 e. The second-order valence-corrected chi connectivity index (χ2v) is 7.50. The van der Waals surface area contributed by atoms with Crippen LogP contribution < -0.4 is 10.4 Å². The minimum atomic E-state index is -0.253. The molecule has 0 bridgehead atoms. The summed E-state index contributed by atoms with van der Waals surface area (Å²) in [5.74, 6) is 1.19. The van der Waals surface area contributed by atoms with Crippen LogP contribution in [-0.4, -0.2) is 31.1 Å². The van der Waals surface area contributed by atoms with Crippen molar-refractivity contribution >= 4 is 10.9 Å². The highest BCUT2D eigenvalue weighted by Gasteiger charge is 2.21. The van der Waals surface area contributed by atoms with Crippen molar-refractivity contribution in [2.45, 2.75) is 19.8 Å². The van der Waals surface area contributed by atoms with Crippen molar-refractivity contribution in [1.82, 2.24) is 18.9 Å². The van der Waals surface area contributed by atoms with E-state index < -0.39 is 0 Å². The number of nitrogens with zero attached hydrogens (tertiary/aromatic N) is 4. The van der Waals surface area contributed by atoms with Crippen LogP contribution in [-0.2, 0) is 14.1 Å². The standard InChI is InChI=1S/C22H24N4O3/c1-13(2)16-11-17(20(29-5)12-19(16)27)21-23-25(4)22(28)26(21)15-6-7-18-14(10-15)8-9-24(18)3/h6-13,27H,1-5H3. The molecule has 0 aliphatic heterocycles. The summed E-state index contributed by atoms with van der Waals surface area (Å²) in [6.45, 7) is 4.00. The lowest BCUT2D eigenvalue weighted by Gasteiger charge is -2.15. The third kappa shape index (κ3) is 2.99. The molecule has 0 atom stereocenters. The maximum absolute atomic E-state index is 13.0. The number of hydrogen-bond acceptors (Lipinski definition) is 4.